The van der Waals surface area contributed by atoms with Gasteiger partial charge in [-0.25, -0.2) is 0 Å². The summed E-state index contributed by atoms with van der Waals surface area (Å²) in [6, 6.07) is 12.7. The summed E-state index contributed by atoms with van der Waals surface area (Å²) in [6.07, 6.45) is 9.40. The predicted octanol–water partition coefficient (Wildman–Crippen LogP) is 7.77. The Morgan fingerprint density at radius 2 is 1.85 bits per heavy atom. The number of aromatic nitrogens is 2. The topological polar surface area (TPSA) is 59.4 Å². The van der Waals surface area contributed by atoms with Crippen molar-refractivity contribution in [3.05, 3.63) is 72.3 Å². The maximum Gasteiger partial charge on any atom is 0.286 e. The highest BCUT2D eigenvalue weighted by molar-refractivity contribution is 7.23. The van der Waals surface area contributed by atoms with E-state index < -0.39 is 8.32 Å². The van der Waals surface area contributed by atoms with Gasteiger partial charge in [-0.3, -0.25) is 9.97 Å². The van der Waals surface area contributed by atoms with E-state index in [1.807, 2.05) is 24.7 Å². The highest BCUT2D eigenvalue weighted by Gasteiger charge is 2.40. The van der Waals surface area contributed by atoms with Crippen molar-refractivity contribution in [3.63, 3.8) is 0 Å². The summed E-state index contributed by atoms with van der Waals surface area (Å²) < 4.78 is 7.32. The monoisotopic (exact) mass is 486 g/mol. The summed E-state index contributed by atoms with van der Waals surface area (Å²) in [6.45, 7) is 11.2. The summed E-state index contributed by atoms with van der Waals surface area (Å²) in [5, 5.41) is 9.66. The lowest BCUT2D eigenvalue weighted by molar-refractivity contribution is 0.307. The third kappa shape index (κ3) is 4.26. The minimum Gasteiger partial charge on any atom is -0.455 e. The molecule has 0 fully saturated rings. The third-order valence-corrected chi connectivity index (χ3v) is 12.3. The first kappa shape index (κ1) is 22.7. The Balaban J connectivity index is 1.46. The van der Waals surface area contributed by atoms with E-state index in [1.165, 1.54) is 21.4 Å². The Labute approximate surface area is 206 Å². The summed E-state index contributed by atoms with van der Waals surface area (Å²) in [4.78, 5) is 9.81. The Morgan fingerprint density at radius 3 is 2.62 bits per heavy atom. The summed E-state index contributed by atoms with van der Waals surface area (Å²) in [7, 11) is -1.92. The molecule has 0 unspecified atom stereocenters. The molecule has 5 nitrogen and oxygen atoms in total. The zero-order chi connectivity index (χ0) is 23.9. The van der Waals surface area contributed by atoms with Gasteiger partial charge in [0.05, 0.1) is 21.0 Å². The summed E-state index contributed by atoms with van der Waals surface area (Å²) >= 11 is 1.74. The van der Waals surface area contributed by atoms with Gasteiger partial charge in [0.15, 0.2) is 0 Å². The molecular weight excluding hydrogens is 456 g/mol. The largest absolute Gasteiger partial charge is 0.455 e. The average Bonchev–Trinajstić information content (AvgIpc) is 3.39. The standard InChI is InChI=1S/C27H30N4OSSi/c1-27(2,3)34(4,5)32-31-23-11-8-18-15-20(9-10-21(18)23)30-25-22-12-14-29-17-24(22)33-26(25)19-7-6-13-28-16-19/h6-7,9-10,12-17,30H,8,11H2,1-5H3. The number of hydrogen-bond acceptors (Lipinski definition) is 6. The number of thiophene rings is 1. The van der Waals surface area contributed by atoms with E-state index >= 15 is 0 Å². The van der Waals surface area contributed by atoms with Crippen LogP contribution in [0, 0.1) is 0 Å². The van der Waals surface area contributed by atoms with Crippen LogP contribution in [0.1, 0.15) is 38.3 Å². The molecule has 1 aliphatic carbocycles. The van der Waals surface area contributed by atoms with Crippen molar-refractivity contribution in [1.82, 2.24) is 9.97 Å². The van der Waals surface area contributed by atoms with Crippen LogP contribution in [0.3, 0.4) is 0 Å². The number of aryl methyl sites for hydroxylation is 1. The van der Waals surface area contributed by atoms with Crippen molar-refractivity contribution in [2.24, 2.45) is 5.16 Å². The molecule has 174 valence electrons. The Bertz CT molecular complexity index is 1370. The molecule has 3 heterocycles. The van der Waals surface area contributed by atoms with Crippen molar-refractivity contribution in [2.45, 2.75) is 51.7 Å². The maximum absolute atomic E-state index is 6.16. The zero-order valence-corrected chi connectivity index (χ0v) is 22.2. The van der Waals surface area contributed by atoms with Gasteiger partial charge in [-0.1, -0.05) is 32.9 Å². The summed E-state index contributed by atoms with van der Waals surface area (Å²) in [5.74, 6) is 0. The molecule has 0 spiro atoms. The molecule has 1 aliphatic rings. The van der Waals surface area contributed by atoms with Crippen molar-refractivity contribution in [3.8, 4) is 10.4 Å². The van der Waals surface area contributed by atoms with E-state index in [0.29, 0.717) is 0 Å². The lowest BCUT2D eigenvalue weighted by atomic mass is 10.1. The van der Waals surface area contributed by atoms with E-state index in [-0.39, 0.29) is 5.04 Å². The molecule has 1 N–H and O–H groups in total. The van der Waals surface area contributed by atoms with Gasteiger partial charge in [-0.05, 0) is 60.8 Å². The molecule has 0 saturated heterocycles. The van der Waals surface area contributed by atoms with Gasteiger partial charge in [-0.15, -0.1) is 16.5 Å². The molecular formula is C27H30N4OSSi. The molecule has 0 atom stereocenters. The third-order valence-electron chi connectivity index (χ3n) is 6.92. The van der Waals surface area contributed by atoms with E-state index in [1.54, 1.807) is 17.5 Å². The van der Waals surface area contributed by atoms with Crippen LogP contribution in [0.2, 0.25) is 18.1 Å². The van der Waals surface area contributed by atoms with Crippen molar-refractivity contribution in [2.75, 3.05) is 5.32 Å². The lowest BCUT2D eigenvalue weighted by Gasteiger charge is -2.33. The van der Waals surface area contributed by atoms with Crippen molar-refractivity contribution in [1.29, 1.82) is 0 Å². The number of anilines is 2. The molecule has 0 radical (unpaired) electrons. The molecule has 7 heteroatoms. The van der Waals surface area contributed by atoms with Gasteiger partial charge in [0.2, 0.25) is 0 Å². The fourth-order valence-electron chi connectivity index (χ4n) is 3.87. The van der Waals surface area contributed by atoms with Crippen LogP contribution in [-0.4, -0.2) is 24.0 Å². The van der Waals surface area contributed by atoms with Crippen LogP contribution >= 0.6 is 11.3 Å². The van der Waals surface area contributed by atoms with Gasteiger partial charge in [0.25, 0.3) is 8.32 Å². The van der Waals surface area contributed by atoms with Gasteiger partial charge < -0.3 is 9.84 Å². The summed E-state index contributed by atoms with van der Waals surface area (Å²) in [5.41, 5.74) is 6.86. The second-order valence-electron chi connectivity index (χ2n) is 10.3. The maximum atomic E-state index is 6.16. The lowest BCUT2D eigenvalue weighted by Crippen LogP contribution is -2.39. The first-order chi connectivity index (χ1) is 16.2. The molecule has 4 aromatic rings. The fraction of sp³-hybridized carbons (Fsp3) is 0.296. The van der Waals surface area contributed by atoms with Crippen LogP contribution in [0.25, 0.3) is 20.5 Å². The number of nitrogens with zero attached hydrogens (tertiary/aromatic N) is 3. The highest BCUT2D eigenvalue weighted by atomic mass is 32.1. The van der Waals surface area contributed by atoms with Crippen molar-refractivity contribution >= 4 is 46.8 Å². The predicted molar refractivity (Wildman–Crippen MR) is 146 cm³/mol. The molecule has 5 rings (SSSR count). The van der Waals surface area contributed by atoms with E-state index in [2.05, 4.69) is 84.6 Å². The number of hydrogen-bond donors (Lipinski definition) is 1. The second kappa shape index (κ2) is 8.63. The molecule has 0 bridgehead atoms. The zero-order valence-electron chi connectivity index (χ0n) is 20.3. The molecule has 34 heavy (non-hydrogen) atoms. The van der Waals surface area contributed by atoms with Crippen LogP contribution in [0.5, 0.6) is 0 Å². The molecule has 0 amide bonds. The smallest absolute Gasteiger partial charge is 0.286 e. The van der Waals surface area contributed by atoms with E-state index in [4.69, 9.17) is 4.53 Å². The van der Waals surface area contributed by atoms with Gasteiger partial charge in [0, 0.05) is 47.0 Å². The van der Waals surface area contributed by atoms with Crippen LogP contribution in [0.15, 0.2) is 66.3 Å². The first-order valence-corrected chi connectivity index (χ1v) is 15.4. The number of nitrogens with one attached hydrogen (secondary N) is 1. The van der Waals surface area contributed by atoms with Crippen molar-refractivity contribution < 1.29 is 4.53 Å². The quantitative estimate of drug-likeness (QED) is 0.231. The van der Waals surface area contributed by atoms with Gasteiger partial charge in [-0.2, -0.15) is 0 Å². The highest BCUT2D eigenvalue weighted by Crippen LogP contribution is 2.44. The first-order valence-electron chi connectivity index (χ1n) is 11.7. The van der Waals surface area contributed by atoms with Crippen LogP contribution < -0.4 is 5.32 Å². The number of oxime groups is 1. The van der Waals surface area contributed by atoms with E-state index in [0.717, 1.165) is 40.2 Å². The number of benzene rings is 1. The molecule has 1 aromatic carbocycles. The minimum absolute atomic E-state index is 0.136. The number of fused-ring (bicyclic) bond motifs is 2. The molecule has 0 saturated carbocycles. The minimum atomic E-state index is -1.92. The van der Waals surface area contributed by atoms with Gasteiger partial charge >= 0.3 is 0 Å². The van der Waals surface area contributed by atoms with Crippen LogP contribution in [-0.2, 0) is 10.9 Å². The number of rotatable bonds is 5. The Morgan fingerprint density at radius 1 is 1.03 bits per heavy atom. The Kier molecular flexibility index (Phi) is 5.78. The fourth-order valence-corrected chi connectivity index (χ4v) is 5.60. The Hall–Kier alpha value is -3.03. The van der Waals surface area contributed by atoms with E-state index in [9.17, 15) is 0 Å². The second-order valence-corrected chi connectivity index (χ2v) is 16.1. The SMILES string of the molecule is CC(C)(C)[Si](C)(C)ON=C1CCc2cc(Nc3c(-c4cccnc4)sc4cnccc34)ccc21. The van der Waals surface area contributed by atoms with Gasteiger partial charge in [0.1, 0.15) is 0 Å². The average molecular weight is 487 g/mol. The number of pyridine rings is 2. The normalized spacial score (nSPS) is 15.0. The molecule has 0 aliphatic heterocycles. The van der Waals surface area contributed by atoms with Crippen LogP contribution in [0.4, 0.5) is 11.4 Å². The molecule has 3 aromatic heterocycles.